The number of hydrogen-bond donors (Lipinski definition) is 1. The van der Waals surface area contributed by atoms with Crippen LogP contribution in [0.1, 0.15) is 23.9 Å². The number of amides is 1. The molecule has 9 nitrogen and oxygen atoms in total. The van der Waals surface area contributed by atoms with E-state index in [-0.39, 0.29) is 11.7 Å². The van der Waals surface area contributed by atoms with Crippen molar-refractivity contribution in [3.8, 4) is 0 Å². The molecule has 1 aliphatic heterocycles. The molecule has 1 saturated heterocycles. The van der Waals surface area contributed by atoms with E-state index in [0.29, 0.717) is 51.4 Å². The molecule has 0 saturated carbocycles. The van der Waals surface area contributed by atoms with Crippen molar-refractivity contribution in [1.82, 2.24) is 19.4 Å². The zero-order valence-electron chi connectivity index (χ0n) is 16.2. The third kappa shape index (κ3) is 5.70. The van der Waals surface area contributed by atoms with E-state index in [1.54, 1.807) is 38.1 Å². The Morgan fingerprint density at radius 1 is 1.30 bits per heavy atom. The van der Waals surface area contributed by atoms with Gasteiger partial charge in [-0.2, -0.15) is 0 Å². The van der Waals surface area contributed by atoms with Crippen molar-refractivity contribution in [2.24, 2.45) is 4.99 Å². The minimum Gasteiger partial charge on any atom is -0.459 e. The minimum absolute atomic E-state index is 0.0947. The van der Waals surface area contributed by atoms with E-state index in [1.165, 1.54) is 10.6 Å². The number of sulfonamides is 1. The molecule has 2 rings (SSSR count). The summed E-state index contributed by atoms with van der Waals surface area (Å²) in [5.74, 6) is 1.14. The maximum atomic E-state index is 12.3. The van der Waals surface area contributed by atoms with Gasteiger partial charge in [-0.1, -0.05) is 0 Å². The first-order chi connectivity index (χ1) is 12.9. The Bertz CT molecular complexity index is 725. The number of carbonyl (C=O) groups is 1. The molecule has 1 aliphatic rings. The first-order valence-corrected chi connectivity index (χ1v) is 10.7. The van der Waals surface area contributed by atoms with Gasteiger partial charge in [0.25, 0.3) is 5.91 Å². The molecule has 0 unspecified atom stereocenters. The molecule has 0 bridgehead atoms. The fourth-order valence-corrected chi connectivity index (χ4v) is 3.72. The van der Waals surface area contributed by atoms with Crippen LogP contribution in [-0.4, -0.2) is 93.5 Å². The van der Waals surface area contributed by atoms with E-state index < -0.39 is 10.0 Å². The van der Waals surface area contributed by atoms with E-state index in [2.05, 4.69) is 15.2 Å². The lowest BCUT2D eigenvalue weighted by atomic mass is 10.3. The summed E-state index contributed by atoms with van der Waals surface area (Å²) in [6, 6.07) is 3.38. The third-order valence-corrected chi connectivity index (χ3v) is 6.44. The normalized spacial score (nSPS) is 16.1. The molecule has 0 radical (unpaired) electrons. The standard InChI is InChI=1S/C17H29N5O4S/c1-4-27(24,25)20(3)9-6-8-19-17(18-2)22-12-10-21(11-13-22)16(23)15-7-5-14-26-15/h5,7,14H,4,6,8-13H2,1-3H3,(H,18,19). The second kappa shape index (κ2) is 9.75. The van der Waals surface area contributed by atoms with Crippen molar-refractivity contribution in [2.75, 3.05) is 59.1 Å². The fourth-order valence-electron chi connectivity index (χ4n) is 2.87. The molecule has 1 aromatic rings. The van der Waals surface area contributed by atoms with Crippen LogP contribution in [0.2, 0.25) is 0 Å². The molecule has 27 heavy (non-hydrogen) atoms. The SMILES string of the molecule is CCS(=O)(=O)N(C)CCCNC(=NC)N1CCN(C(=O)c2ccco2)CC1. The molecule has 0 aromatic carbocycles. The molecule has 0 spiro atoms. The summed E-state index contributed by atoms with van der Waals surface area (Å²) < 4.78 is 30.0. The lowest BCUT2D eigenvalue weighted by Crippen LogP contribution is -2.54. The van der Waals surface area contributed by atoms with Gasteiger partial charge in [0.1, 0.15) is 0 Å². The largest absolute Gasteiger partial charge is 0.459 e. The maximum Gasteiger partial charge on any atom is 0.289 e. The lowest BCUT2D eigenvalue weighted by molar-refractivity contribution is 0.0657. The van der Waals surface area contributed by atoms with Gasteiger partial charge in [0.2, 0.25) is 10.0 Å². The van der Waals surface area contributed by atoms with Gasteiger partial charge in [-0.05, 0) is 25.5 Å². The zero-order chi connectivity index (χ0) is 19.9. The molecule has 0 aliphatic carbocycles. The molecule has 2 heterocycles. The Kier molecular flexibility index (Phi) is 7.66. The molecule has 1 amide bonds. The summed E-state index contributed by atoms with van der Waals surface area (Å²) in [5.41, 5.74) is 0. The van der Waals surface area contributed by atoms with Crippen molar-refractivity contribution < 1.29 is 17.6 Å². The predicted molar refractivity (Wildman–Crippen MR) is 104 cm³/mol. The van der Waals surface area contributed by atoms with Gasteiger partial charge in [-0.3, -0.25) is 9.79 Å². The Morgan fingerprint density at radius 2 is 1.96 bits per heavy atom. The Balaban J connectivity index is 1.75. The summed E-state index contributed by atoms with van der Waals surface area (Å²) in [5, 5.41) is 3.27. The Morgan fingerprint density at radius 3 is 2.52 bits per heavy atom. The number of piperazine rings is 1. The fraction of sp³-hybridized carbons (Fsp3) is 0.647. The smallest absolute Gasteiger partial charge is 0.289 e. The molecule has 10 heteroatoms. The van der Waals surface area contributed by atoms with Gasteiger partial charge in [0.05, 0.1) is 12.0 Å². The highest BCUT2D eigenvalue weighted by Gasteiger charge is 2.25. The second-order valence-corrected chi connectivity index (χ2v) is 8.67. The Labute approximate surface area is 161 Å². The Hall–Kier alpha value is -2.07. The highest BCUT2D eigenvalue weighted by atomic mass is 32.2. The van der Waals surface area contributed by atoms with Crippen LogP contribution in [0.15, 0.2) is 27.8 Å². The van der Waals surface area contributed by atoms with Crippen LogP contribution >= 0.6 is 0 Å². The number of carbonyl (C=O) groups excluding carboxylic acids is 1. The summed E-state index contributed by atoms with van der Waals surface area (Å²) in [6.45, 7) is 5.28. The monoisotopic (exact) mass is 399 g/mol. The van der Waals surface area contributed by atoms with E-state index in [9.17, 15) is 13.2 Å². The quantitative estimate of drug-likeness (QED) is 0.402. The van der Waals surface area contributed by atoms with Crippen molar-refractivity contribution in [2.45, 2.75) is 13.3 Å². The van der Waals surface area contributed by atoms with Crippen LogP contribution in [0, 0.1) is 0 Å². The van der Waals surface area contributed by atoms with E-state index in [1.807, 2.05) is 0 Å². The van der Waals surface area contributed by atoms with E-state index >= 15 is 0 Å². The number of nitrogens with one attached hydrogen (secondary N) is 1. The molecule has 1 aromatic heterocycles. The zero-order valence-corrected chi connectivity index (χ0v) is 17.0. The molecular weight excluding hydrogens is 370 g/mol. The number of furan rings is 1. The molecular formula is C17H29N5O4S. The number of nitrogens with zero attached hydrogens (tertiary/aromatic N) is 4. The summed E-state index contributed by atoms with van der Waals surface area (Å²) in [4.78, 5) is 20.5. The predicted octanol–water partition coefficient (Wildman–Crippen LogP) is 0.284. The van der Waals surface area contributed by atoms with E-state index in [0.717, 1.165) is 5.96 Å². The van der Waals surface area contributed by atoms with Crippen LogP contribution in [0.4, 0.5) is 0 Å². The number of aliphatic imine (C=N–C) groups is 1. The number of guanidine groups is 1. The van der Waals surface area contributed by atoms with Gasteiger partial charge in [0.15, 0.2) is 11.7 Å². The van der Waals surface area contributed by atoms with Crippen molar-refractivity contribution >= 4 is 21.9 Å². The van der Waals surface area contributed by atoms with Gasteiger partial charge in [-0.15, -0.1) is 0 Å². The molecule has 0 atom stereocenters. The third-order valence-electron chi connectivity index (χ3n) is 4.58. The van der Waals surface area contributed by atoms with Crippen LogP contribution < -0.4 is 5.32 Å². The summed E-state index contributed by atoms with van der Waals surface area (Å²) in [6.07, 6.45) is 2.18. The van der Waals surface area contributed by atoms with Gasteiger partial charge in [0, 0.05) is 53.4 Å². The minimum atomic E-state index is -3.14. The highest BCUT2D eigenvalue weighted by molar-refractivity contribution is 7.89. The molecule has 1 fully saturated rings. The maximum absolute atomic E-state index is 12.3. The van der Waals surface area contributed by atoms with Crippen molar-refractivity contribution in [1.29, 1.82) is 0 Å². The van der Waals surface area contributed by atoms with Gasteiger partial charge >= 0.3 is 0 Å². The second-order valence-electron chi connectivity index (χ2n) is 6.31. The number of rotatable bonds is 7. The first-order valence-electron chi connectivity index (χ1n) is 9.11. The van der Waals surface area contributed by atoms with Gasteiger partial charge in [-0.25, -0.2) is 12.7 Å². The van der Waals surface area contributed by atoms with Crippen LogP contribution in [0.3, 0.4) is 0 Å². The van der Waals surface area contributed by atoms with Crippen LogP contribution in [-0.2, 0) is 10.0 Å². The van der Waals surface area contributed by atoms with Crippen molar-refractivity contribution in [3.63, 3.8) is 0 Å². The first kappa shape index (κ1) is 21.2. The summed E-state index contributed by atoms with van der Waals surface area (Å²) in [7, 11) is 0.181. The topological polar surface area (TPSA) is 98.5 Å². The molecule has 1 N–H and O–H groups in total. The lowest BCUT2D eigenvalue weighted by Gasteiger charge is -2.36. The van der Waals surface area contributed by atoms with Crippen molar-refractivity contribution in [3.05, 3.63) is 24.2 Å². The number of hydrogen-bond acceptors (Lipinski definition) is 5. The van der Waals surface area contributed by atoms with Crippen LogP contribution in [0.5, 0.6) is 0 Å². The highest BCUT2D eigenvalue weighted by Crippen LogP contribution is 2.09. The molecule has 152 valence electrons. The average molecular weight is 400 g/mol. The average Bonchev–Trinajstić information content (AvgIpc) is 3.22. The van der Waals surface area contributed by atoms with Gasteiger partial charge < -0.3 is 19.5 Å². The van der Waals surface area contributed by atoms with E-state index in [4.69, 9.17) is 4.42 Å². The summed E-state index contributed by atoms with van der Waals surface area (Å²) >= 11 is 0. The van der Waals surface area contributed by atoms with Crippen LogP contribution in [0.25, 0.3) is 0 Å².